The highest BCUT2D eigenvalue weighted by Crippen LogP contribution is 2.02. The molecule has 0 aromatic heterocycles. The third kappa shape index (κ3) is 5.55. The van der Waals surface area contributed by atoms with Crippen LogP contribution in [0.2, 0.25) is 0 Å². The molecule has 1 rings (SSSR count). The van der Waals surface area contributed by atoms with Crippen molar-refractivity contribution < 1.29 is 0 Å². The lowest BCUT2D eigenvalue weighted by Gasteiger charge is -2.09. The van der Waals surface area contributed by atoms with Gasteiger partial charge in [-0.15, -0.1) is 0 Å². The van der Waals surface area contributed by atoms with Gasteiger partial charge in [0.25, 0.3) is 0 Å². The van der Waals surface area contributed by atoms with E-state index in [1.807, 2.05) is 0 Å². The number of benzene rings is 1. The summed E-state index contributed by atoms with van der Waals surface area (Å²) in [6.07, 6.45) is 1.21. The summed E-state index contributed by atoms with van der Waals surface area (Å²) in [6, 6.07) is 8.70. The zero-order chi connectivity index (χ0) is 11.1. The van der Waals surface area contributed by atoms with Crippen molar-refractivity contribution >= 4 is 0 Å². The van der Waals surface area contributed by atoms with Crippen LogP contribution in [0.4, 0.5) is 0 Å². The molecular weight excluding hydrogens is 184 g/mol. The molecular formula is C13H22N2. The molecule has 0 unspecified atom stereocenters. The highest BCUT2D eigenvalue weighted by molar-refractivity contribution is 5.20. The minimum atomic E-state index is 0.980. The molecule has 0 bridgehead atoms. The van der Waals surface area contributed by atoms with Gasteiger partial charge in [-0.25, -0.2) is 0 Å². The zero-order valence-electron chi connectivity index (χ0n) is 10.1. The summed E-state index contributed by atoms with van der Waals surface area (Å²) in [5.74, 6) is 0. The number of nitrogens with zero attached hydrogens (tertiary/aromatic N) is 1. The van der Waals surface area contributed by atoms with Gasteiger partial charge in [-0.2, -0.15) is 0 Å². The normalized spacial score (nSPS) is 10.9. The van der Waals surface area contributed by atoms with Crippen molar-refractivity contribution in [3.05, 3.63) is 35.4 Å². The Morgan fingerprint density at radius 1 is 1.13 bits per heavy atom. The largest absolute Gasteiger partial charge is 0.313 e. The lowest BCUT2D eigenvalue weighted by atomic mass is 10.1. The minimum Gasteiger partial charge on any atom is -0.313 e. The average Bonchev–Trinajstić information content (AvgIpc) is 2.20. The molecule has 0 aliphatic heterocycles. The summed E-state index contributed by atoms with van der Waals surface area (Å²) in [5.41, 5.74) is 2.69. The molecule has 0 saturated carbocycles. The third-order valence-electron chi connectivity index (χ3n) is 2.41. The molecule has 1 aromatic carbocycles. The Hall–Kier alpha value is -0.860. The maximum Gasteiger partial charge on any atom is 0.0205 e. The van der Waals surface area contributed by atoms with E-state index in [4.69, 9.17) is 0 Å². The van der Waals surface area contributed by atoms with Crippen LogP contribution in [-0.4, -0.2) is 32.1 Å². The molecule has 2 heteroatoms. The zero-order valence-corrected chi connectivity index (χ0v) is 10.1. The van der Waals surface area contributed by atoms with Gasteiger partial charge < -0.3 is 10.2 Å². The molecule has 0 aliphatic rings. The molecule has 0 amide bonds. The van der Waals surface area contributed by atoms with Crippen molar-refractivity contribution in [2.24, 2.45) is 0 Å². The fourth-order valence-electron chi connectivity index (χ4n) is 1.46. The van der Waals surface area contributed by atoms with Crippen LogP contribution in [0.15, 0.2) is 24.3 Å². The van der Waals surface area contributed by atoms with Gasteiger partial charge in [-0.1, -0.05) is 29.8 Å². The molecule has 0 radical (unpaired) electrons. The predicted octanol–water partition coefficient (Wildman–Crippen LogP) is 2.04. The smallest absolute Gasteiger partial charge is 0.0205 e. The van der Waals surface area contributed by atoms with Crippen molar-refractivity contribution in [2.45, 2.75) is 19.9 Å². The van der Waals surface area contributed by atoms with Gasteiger partial charge in [-0.3, -0.25) is 0 Å². The van der Waals surface area contributed by atoms with Crippen molar-refractivity contribution in [1.29, 1.82) is 0 Å². The van der Waals surface area contributed by atoms with Gasteiger partial charge in [0.15, 0.2) is 0 Å². The fourth-order valence-corrected chi connectivity index (χ4v) is 1.46. The fraction of sp³-hybridized carbons (Fsp3) is 0.538. The first kappa shape index (κ1) is 12.2. The van der Waals surface area contributed by atoms with Crippen LogP contribution in [-0.2, 0) is 6.54 Å². The van der Waals surface area contributed by atoms with E-state index < -0.39 is 0 Å². The van der Waals surface area contributed by atoms with E-state index in [2.05, 4.69) is 55.5 Å². The summed E-state index contributed by atoms with van der Waals surface area (Å²) >= 11 is 0. The summed E-state index contributed by atoms with van der Waals surface area (Å²) < 4.78 is 0. The van der Waals surface area contributed by atoms with Gasteiger partial charge in [0.05, 0.1) is 0 Å². The second-order valence-corrected chi connectivity index (χ2v) is 4.32. The number of hydrogen-bond acceptors (Lipinski definition) is 2. The molecule has 0 atom stereocenters. The monoisotopic (exact) mass is 206 g/mol. The Balaban J connectivity index is 2.12. The molecule has 2 nitrogen and oxygen atoms in total. The molecule has 0 heterocycles. The van der Waals surface area contributed by atoms with E-state index in [9.17, 15) is 0 Å². The Kier molecular flexibility index (Phi) is 5.37. The molecule has 0 saturated heterocycles. The molecule has 1 N–H and O–H groups in total. The summed E-state index contributed by atoms with van der Waals surface area (Å²) in [4.78, 5) is 2.22. The maximum absolute atomic E-state index is 3.45. The Bertz CT molecular complexity index is 264. The van der Waals surface area contributed by atoms with E-state index in [1.54, 1.807) is 0 Å². The maximum atomic E-state index is 3.45. The highest BCUT2D eigenvalue weighted by atomic mass is 15.0. The SMILES string of the molecule is Cc1ccc(CNCCCN(C)C)cc1. The second-order valence-electron chi connectivity index (χ2n) is 4.32. The Morgan fingerprint density at radius 3 is 2.40 bits per heavy atom. The first-order chi connectivity index (χ1) is 7.18. The van der Waals surface area contributed by atoms with E-state index in [-0.39, 0.29) is 0 Å². The number of rotatable bonds is 6. The van der Waals surface area contributed by atoms with Gasteiger partial charge in [0, 0.05) is 6.54 Å². The van der Waals surface area contributed by atoms with E-state index in [1.165, 1.54) is 17.5 Å². The van der Waals surface area contributed by atoms with E-state index >= 15 is 0 Å². The van der Waals surface area contributed by atoms with Crippen molar-refractivity contribution in [3.63, 3.8) is 0 Å². The Labute approximate surface area is 93.3 Å². The second kappa shape index (κ2) is 6.59. The van der Waals surface area contributed by atoms with Crippen LogP contribution in [0.25, 0.3) is 0 Å². The summed E-state index contributed by atoms with van der Waals surface area (Å²) in [5, 5.41) is 3.45. The van der Waals surface area contributed by atoms with E-state index in [0.29, 0.717) is 0 Å². The first-order valence-electron chi connectivity index (χ1n) is 5.59. The average molecular weight is 206 g/mol. The minimum absolute atomic E-state index is 0.980. The van der Waals surface area contributed by atoms with Gasteiger partial charge in [-0.05, 0) is 46.1 Å². The molecule has 0 fully saturated rings. The standard InChI is InChI=1S/C13H22N2/c1-12-5-7-13(8-6-12)11-14-9-4-10-15(2)3/h5-8,14H,4,9-11H2,1-3H3. The van der Waals surface area contributed by atoms with Crippen LogP contribution in [0.3, 0.4) is 0 Å². The molecule has 1 aromatic rings. The molecule has 84 valence electrons. The number of nitrogens with one attached hydrogen (secondary N) is 1. The lowest BCUT2D eigenvalue weighted by Crippen LogP contribution is -2.20. The predicted molar refractivity (Wildman–Crippen MR) is 66.1 cm³/mol. The molecule has 0 aliphatic carbocycles. The highest BCUT2D eigenvalue weighted by Gasteiger charge is 1.93. The van der Waals surface area contributed by atoms with Crippen LogP contribution in [0.1, 0.15) is 17.5 Å². The Morgan fingerprint density at radius 2 is 1.80 bits per heavy atom. The molecule has 0 spiro atoms. The van der Waals surface area contributed by atoms with Crippen molar-refractivity contribution in [2.75, 3.05) is 27.2 Å². The van der Waals surface area contributed by atoms with Crippen LogP contribution in [0, 0.1) is 6.92 Å². The van der Waals surface area contributed by atoms with Gasteiger partial charge in [0.2, 0.25) is 0 Å². The van der Waals surface area contributed by atoms with Crippen LogP contribution >= 0.6 is 0 Å². The van der Waals surface area contributed by atoms with Crippen LogP contribution in [0.5, 0.6) is 0 Å². The number of hydrogen-bond donors (Lipinski definition) is 1. The van der Waals surface area contributed by atoms with Gasteiger partial charge >= 0.3 is 0 Å². The van der Waals surface area contributed by atoms with E-state index in [0.717, 1.165) is 19.6 Å². The first-order valence-corrected chi connectivity index (χ1v) is 5.59. The molecule has 15 heavy (non-hydrogen) atoms. The summed E-state index contributed by atoms with van der Waals surface area (Å²) in [6.45, 7) is 5.34. The third-order valence-corrected chi connectivity index (χ3v) is 2.41. The van der Waals surface area contributed by atoms with Crippen molar-refractivity contribution in [1.82, 2.24) is 10.2 Å². The van der Waals surface area contributed by atoms with Gasteiger partial charge in [0.1, 0.15) is 0 Å². The number of aryl methyl sites for hydroxylation is 1. The van der Waals surface area contributed by atoms with Crippen LogP contribution < -0.4 is 5.32 Å². The summed E-state index contributed by atoms with van der Waals surface area (Å²) in [7, 11) is 4.22. The quantitative estimate of drug-likeness (QED) is 0.717. The van der Waals surface area contributed by atoms with Crippen molar-refractivity contribution in [3.8, 4) is 0 Å². The topological polar surface area (TPSA) is 15.3 Å². The lowest BCUT2D eigenvalue weighted by molar-refractivity contribution is 0.394.